The van der Waals surface area contributed by atoms with Gasteiger partial charge in [-0.25, -0.2) is 4.79 Å². The molecule has 3 atom stereocenters. The minimum absolute atomic E-state index is 0.263. The Balaban J connectivity index is 1.63. The minimum Gasteiger partial charge on any atom is -0.480 e. The minimum atomic E-state index is -1.23. The number of nitrogens with one attached hydrogen (secondary N) is 1. The van der Waals surface area contributed by atoms with Gasteiger partial charge in [0.15, 0.2) is 0 Å². The lowest BCUT2D eigenvalue weighted by Crippen LogP contribution is -2.59. The third-order valence-electron chi connectivity index (χ3n) is 8.98. The van der Waals surface area contributed by atoms with Gasteiger partial charge in [-0.05, 0) is 42.9 Å². The van der Waals surface area contributed by atoms with Crippen LogP contribution in [0.3, 0.4) is 0 Å². The lowest BCUT2D eigenvalue weighted by atomic mass is 9.84. The molecule has 9 heteroatoms. The van der Waals surface area contributed by atoms with Gasteiger partial charge in [0, 0.05) is 17.5 Å². The third-order valence-corrected chi connectivity index (χ3v) is 10.9. The Hall–Kier alpha value is -3.27. The first-order chi connectivity index (χ1) is 21.9. The van der Waals surface area contributed by atoms with Crippen molar-refractivity contribution in [2.45, 2.75) is 80.0 Å². The molecule has 0 radical (unpaired) electrons. The normalized spacial score (nSPS) is 16.2. The van der Waals surface area contributed by atoms with Crippen LogP contribution < -0.4 is 11.1 Å². The van der Waals surface area contributed by atoms with E-state index in [9.17, 15) is 19.5 Å². The lowest BCUT2D eigenvalue weighted by Gasteiger charge is -2.37. The van der Waals surface area contributed by atoms with E-state index in [1.54, 1.807) is 32.7 Å². The van der Waals surface area contributed by atoms with Crippen molar-refractivity contribution in [3.05, 3.63) is 108 Å². The van der Waals surface area contributed by atoms with Crippen molar-refractivity contribution in [1.82, 2.24) is 10.2 Å². The van der Waals surface area contributed by atoms with E-state index >= 15 is 0 Å². The van der Waals surface area contributed by atoms with Gasteiger partial charge in [-0.3, -0.25) is 9.59 Å². The predicted octanol–water partition coefficient (Wildman–Crippen LogP) is 6.11. The number of amides is 2. The van der Waals surface area contributed by atoms with Gasteiger partial charge in [0.05, 0.1) is 10.8 Å². The van der Waals surface area contributed by atoms with Crippen LogP contribution in [0.25, 0.3) is 0 Å². The molecule has 0 unspecified atom stereocenters. The highest BCUT2D eigenvalue weighted by molar-refractivity contribution is 8.00. The van der Waals surface area contributed by atoms with Gasteiger partial charge in [0.2, 0.25) is 11.8 Å². The number of benzene rings is 3. The second-order valence-corrected chi connectivity index (χ2v) is 15.2. The summed E-state index contributed by atoms with van der Waals surface area (Å²) < 4.78 is -1.66. The van der Waals surface area contributed by atoms with E-state index in [4.69, 9.17) is 5.73 Å². The molecule has 1 aliphatic rings. The van der Waals surface area contributed by atoms with E-state index < -0.39 is 39.5 Å². The van der Waals surface area contributed by atoms with E-state index in [1.807, 2.05) is 54.6 Å². The largest absolute Gasteiger partial charge is 0.480 e. The molecule has 0 aromatic heterocycles. The molecular formula is C37H47N3O4S2. The summed E-state index contributed by atoms with van der Waals surface area (Å²) in [7, 11) is 1.61. The Bertz CT molecular complexity index is 1330. The van der Waals surface area contributed by atoms with Gasteiger partial charge < -0.3 is 21.1 Å². The summed E-state index contributed by atoms with van der Waals surface area (Å²) in [5.41, 5.74) is 9.89. The topological polar surface area (TPSA) is 113 Å². The maximum absolute atomic E-state index is 14.0. The number of thiol groups is 1. The molecule has 4 N–H and O–H groups in total. The highest BCUT2D eigenvalue weighted by Gasteiger charge is 2.41. The van der Waals surface area contributed by atoms with Gasteiger partial charge in [-0.15, -0.1) is 11.8 Å². The van der Waals surface area contributed by atoms with Crippen molar-refractivity contribution in [2.24, 2.45) is 11.7 Å². The molecule has 0 bridgehead atoms. The van der Waals surface area contributed by atoms with Crippen LogP contribution in [0.2, 0.25) is 0 Å². The number of nitrogens with two attached hydrogens (primary N) is 1. The van der Waals surface area contributed by atoms with E-state index in [2.05, 4.69) is 54.3 Å². The Morgan fingerprint density at radius 2 is 1.35 bits per heavy atom. The SMILES string of the molecule is CN(C(=O)[C@@H](N)CSC(c1ccccc1)(c1ccccc1)c1ccccc1)[C@H](CC1CCCCC1)C(=O)N[C@@H](C(=O)O)C(C)(C)S. The fourth-order valence-corrected chi connectivity index (χ4v) is 8.08. The second kappa shape index (κ2) is 16.0. The number of carboxylic acids is 1. The molecule has 1 aliphatic carbocycles. The van der Waals surface area contributed by atoms with E-state index in [-0.39, 0.29) is 17.6 Å². The number of likely N-dealkylation sites (N-methyl/N-ethyl adjacent to an activating group) is 1. The quantitative estimate of drug-likeness (QED) is 0.123. The van der Waals surface area contributed by atoms with Gasteiger partial charge in [-0.2, -0.15) is 12.6 Å². The summed E-state index contributed by atoms with van der Waals surface area (Å²) in [5, 5.41) is 12.5. The number of hydrogen-bond donors (Lipinski definition) is 4. The van der Waals surface area contributed by atoms with Crippen LogP contribution in [0.15, 0.2) is 91.0 Å². The number of carboxylic acid groups (broad SMARTS) is 1. The Labute approximate surface area is 283 Å². The zero-order valence-electron chi connectivity index (χ0n) is 27.0. The monoisotopic (exact) mass is 661 g/mol. The number of carbonyl (C=O) groups is 3. The van der Waals surface area contributed by atoms with Crippen molar-refractivity contribution in [3.63, 3.8) is 0 Å². The van der Waals surface area contributed by atoms with Crippen molar-refractivity contribution in [3.8, 4) is 0 Å². The highest BCUT2D eigenvalue weighted by Crippen LogP contribution is 2.48. The zero-order valence-corrected chi connectivity index (χ0v) is 28.7. The van der Waals surface area contributed by atoms with E-state index in [0.717, 1.165) is 48.8 Å². The number of aliphatic carboxylic acids is 1. The maximum atomic E-state index is 14.0. The van der Waals surface area contributed by atoms with Crippen molar-refractivity contribution in [1.29, 1.82) is 0 Å². The van der Waals surface area contributed by atoms with Crippen molar-refractivity contribution >= 4 is 42.2 Å². The van der Waals surface area contributed by atoms with Crippen LogP contribution in [0.5, 0.6) is 0 Å². The van der Waals surface area contributed by atoms with Crippen LogP contribution in [0, 0.1) is 5.92 Å². The zero-order chi connectivity index (χ0) is 33.3. The van der Waals surface area contributed by atoms with E-state index in [0.29, 0.717) is 6.42 Å². The van der Waals surface area contributed by atoms with Gasteiger partial charge in [0.1, 0.15) is 12.1 Å². The molecular weight excluding hydrogens is 615 g/mol. The summed E-state index contributed by atoms with van der Waals surface area (Å²) in [6.07, 6.45) is 5.72. The van der Waals surface area contributed by atoms with Crippen LogP contribution in [0.1, 0.15) is 69.1 Å². The molecule has 1 fully saturated rings. The summed E-state index contributed by atoms with van der Waals surface area (Å²) in [6, 6.07) is 27.6. The fourth-order valence-electron chi connectivity index (χ4n) is 6.43. The number of hydrogen-bond acceptors (Lipinski definition) is 6. The summed E-state index contributed by atoms with van der Waals surface area (Å²) in [6.45, 7) is 3.29. The van der Waals surface area contributed by atoms with Gasteiger partial charge in [-0.1, -0.05) is 123 Å². The summed E-state index contributed by atoms with van der Waals surface area (Å²) >= 11 is 6.03. The molecule has 4 rings (SSSR count). The number of thioether (sulfide) groups is 1. The molecule has 0 saturated heterocycles. The van der Waals surface area contributed by atoms with Crippen LogP contribution >= 0.6 is 24.4 Å². The van der Waals surface area contributed by atoms with Gasteiger partial charge >= 0.3 is 5.97 Å². The van der Waals surface area contributed by atoms with Crippen LogP contribution in [-0.2, 0) is 19.1 Å². The average molecular weight is 662 g/mol. The molecule has 0 heterocycles. The molecule has 7 nitrogen and oxygen atoms in total. The number of rotatable bonds is 14. The van der Waals surface area contributed by atoms with Gasteiger partial charge in [0.25, 0.3) is 0 Å². The molecule has 2 amide bonds. The summed E-state index contributed by atoms with van der Waals surface area (Å²) in [4.78, 5) is 41.3. The number of nitrogens with zero attached hydrogens (tertiary/aromatic N) is 1. The van der Waals surface area contributed by atoms with Crippen LogP contribution in [0.4, 0.5) is 0 Å². The smallest absolute Gasteiger partial charge is 0.327 e. The first-order valence-corrected chi connectivity index (χ1v) is 17.5. The standard InChI is InChI=1S/C37H47N3O4S2/c1-36(2,45)32(35(43)44)39-33(41)31(24-26-16-8-4-9-17-26)40(3)34(42)30(38)25-46-37(27-18-10-5-11-19-27,28-20-12-6-13-21-28)29-22-14-7-15-23-29/h5-7,10-15,18-23,26,30-32,45H,4,8-9,16-17,24-25,38H2,1-3H3,(H,39,41)(H,43,44)/t30-,31+,32-/m0/s1. The Kier molecular flexibility index (Phi) is 12.4. The van der Waals surface area contributed by atoms with E-state index in [1.165, 1.54) is 4.90 Å². The first-order valence-electron chi connectivity index (χ1n) is 16.0. The molecule has 1 saturated carbocycles. The summed E-state index contributed by atoms with van der Waals surface area (Å²) in [5.74, 6) is -1.49. The maximum Gasteiger partial charge on any atom is 0.327 e. The number of carbonyl (C=O) groups excluding carboxylic acids is 2. The first kappa shape index (κ1) is 35.6. The predicted molar refractivity (Wildman–Crippen MR) is 190 cm³/mol. The molecule has 246 valence electrons. The molecule has 0 aliphatic heterocycles. The highest BCUT2D eigenvalue weighted by atomic mass is 32.2. The third kappa shape index (κ3) is 8.55. The van der Waals surface area contributed by atoms with Crippen molar-refractivity contribution < 1.29 is 19.5 Å². The van der Waals surface area contributed by atoms with Crippen LogP contribution in [-0.4, -0.2) is 63.5 Å². The fraction of sp³-hybridized carbons (Fsp3) is 0.432. The molecule has 3 aromatic rings. The molecule has 3 aromatic carbocycles. The Morgan fingerprint density at radius 3 is 1.76 bits per heavy atom. The second-order valence-electron chi connectivity index (χ2n) is 12.8. The molecule has 0 spiro atoms. The Morgan fingerprint density at radius 1 is 0.891 bits per heavy atom. The molecule has 46 heavy (non-hydrogen) atoms. The van der Waals surface area contributed by atoms with Crippen molar-refractivity contribution in [2.75, 3.05) is 12.8 Å². The average Bonchev–Trinajstić information content (AvgIpc) is 3.06. The lowest BCUT2D eigenvalue weighted by molar-refractivity contribution is -0.145.